The number of amides is 1. The first kappa shape index (κ1) is 13.8. The molecule has 0 atom stereocenters. The van der Waals surface area contributed by atoms with E-state index in [1.165, 1.54) is 18.2 Å². The van der Waals surface area contributed by atoms with Gasteiger partial charge in [0.25, 0.3) is 11.6 Å². The Morgan fingerprint density at radius 3 is 2.74 bits per heavy atom. The zero-order chi connectivity index (χ0) is 14.0. The van der Waals surface area contributed by atoms with Gasteiger partial charge in [-0.15, -0.1) is 0 Å². The maximum atomic E-state index is 12.0. The van der Waals surface area contributed by atoms with Gasteiger partial charge in [0.2, 0.25) is 0 Å². The predicted octanol–water partition coefficient (Wildman–Crippen LogP) is 1.86. The lowest BCUT2D eigenvalue weighted by Crippen LogP contribution is -2.54. The van der Waals surface area contributed by atoms with Crippen LogP contribution in [0.25, 0.3) is 0 Å². The Kier molecular flexibility index (Phi) is 3.73. The van der Waals surface area contributed by atoms with Crippen LogP contribution in [-0.2, 0) is 0 Å². The van der Waals surface area contributed by atoms with E-state index in [2.05, 4.69) is 5.32 Å². The van der Waals surface area contributed by atoms with Gasteiger partial charge in [-0.25, -0.2) is 0 Å². The zero-order valence-corrected chi connectivity index (χ0v) is 10.9. The third-order valence-corrected chi connectivity index (χ3v) is 3.59. The van der Waals surface area contributed by atoms with Gasteiger partial charge in [-0.1, -0.05) is 11.6 Å². The number of benzene rings is 1. The fraction of sp³-hybridized carbons (Fsp3) is 0.417. The van der Waals surface area contributed by atoms with E-state index in [4.69, 9.17) is 17.3 Å². The summed E-state index contributed by atoms with van der Waals surface area (Å²) in [6.45, 7) is 0.315. The highest BCUT2D eigenvalue weighted by Gasteiger charge is 2.33. The van der Waals surface area contributed by atoms with Crippen LogP contribution >= 0.6 is 11.6 Å². The Morgan fingerprint density at radius 1 is 1.53 bits per heavy atom. The van der Waals surface area contributed by atoms with Crippen LogP contribution in [0, 0.1) is 10.1 Å². The Labute approximate surface area is 115 Å². The van der Waals surface area contributed by atoms with E-state index in [1.54, 1.807) is 0 Å². The van der Waals surface area contributed by atoms with E-state index >= 15 is 0 Å². The third kappa shape index (κ3) is 3.02. The summed E-state index contributed by atoms with van der Waals surface area (Å²) in [5.41, 5.74) is 5.31. The van der Waals surface area contributed by atoms with E-state index in [-0.39, 0.29) is 21.8 Å². The molecule has 0 radical (unpaired) electrons. The van der Waals surface area contributed by atoms with Crippen molar-refractivity contribution in [1.82, 2.24) is 5.32 Å². The molecule has 1 fully saturated rings. The van der Waals surface area contributed by atoms with E-state index in [1.807, 2.05) is 0 Å². The van der Waals surface area contributed by atoms with Crippen molar-refractivity contribution in [3.05, 3.63) is 38.9 Å². The molecule has 0 heterocycles. The highest BCUT2D eigenvalue weighted by atomic mass is 35.5. The summed E-state index contributed by atoms with van der Waals surface area (Å²) < 4.78 is 0. The molecule has 2 rings (SSSR count). The average Bonchev–Trinajstić information content (AvgIpc) is 2.33. The van der Waals surface area contributed by atoms with Gasteiger partial charge in [0.15, 0.2) is 0 Å². The van der Waals surface area contributed by atoms with E-state index < -0.39 is 10.8 Å². The first-order valence-corrected chi connectivity index (χ1v) is 6.30. The van der Waals surface area contributed by atoms with Crippen LogP contribution in [0.1, 0.15) is 29.6 Å². The summed E-state index contributed by atoms with van der Waals surface area (Å²) in [6, 6.07) is 3.89. The molecule has 0 unspecified atom stereocenters. The topological polar surface area (TPSA) is 98.3 Å². The van der Waals surface area contributed by atoms with Crippen LogP contribution in [0.3, 0.4) is 0 Å². The Bertz CT molecular complexity index is 529. The molecule has 6 nitrogen and oxygen atoms in total. The second-order valence-electron chi connectivity index (χ2n) is 4.82. The van der Waals surface area contributed by atoms with Crippen LogP contribution in [0.15, 0.2) is 18.2 Å². The molecule has 102 valence electrons. The van der Waals surface area contributed by atoms with Crippen molar-refractivity contribution in [3.63, 3.8) is 0 Å². The molecule has 1 aliphatic rings. The van der Waals surface area contributed by atoms with Crippen molar-refractivity contribution in [1.29, 1.82) is 0 Å². The van der Waals surface area contributed by atoms with Crippen molar-refractivity contribution in [2.45, 2.75) is 24.8 Å². The van der Waals surface area contributed by atoms with Crippen LogP contribution in [0.4, 0.5) is 5.69 Å². The van der Waals surface area contributed by atoms with Gasteiger partial charge in [-0.05, 0) is 31.4 Å². The highest BCUT2D eigenvalue weighted by molar-refractivity contribution is 6.31. The van der Waals surface area contributed by atoms with Gasteiger partial charge >= 0.3 is 0 Å². The average molecular weight is 284 g/mol. The fourth-order valence-corrected chi connectivity index (χ4v) is 2.18. The first-order valence-electron chi connectivity index (χ1n) is 5.92. The maximum Gasteiger partial charge on any atom is 0.282 e. The van der Waals surface area contributed by atoms with Crippen LogP contribution in [-0.4, -0.2) is 22.9 Å². The fourth-order valence-electron chi connectivity index (χ4n) is 2.01. The van der Waals surface area contributed by atoms with Crippen molar-refractivity contribution >= 4 is 23.2 Å². The molecule has 0 aromatic heterocycles. The third-order valence-electron chi connectivity index (χ3n) is 3.35. The summed E-state index contributed by atoms with van der Waals surface area (Å²) in [5, 5.41) is 13.8. The number of nitrogens with one attached hydrogen (secondary N) is 1. The van der Waals surface area contributed by atoms with Gasteiger partial charge in [0.1, 0.15) is 5.56 Å². The van der Waals surface area contributed by atoms with E-state index in [0.29, 0.717) is 6.54 Å². The molecule has 7 heteroatoms. The lowest BCUT2D eigenvalue weighted by Gasteiger charge is -2.38. The number of carbonyl (C=O) groups excluding carboxylic acids is 1. The molecule has 0 saturated heterocycles. The molecule has 3 N–H and O–H groups in total. The molecule has 1 amide bonds. The smallest absolute Gasteiger partial charge is 0.282 e. The summed E-state index contributed by atoms with van der Waals surface area (Å²) in [4.78, 5) is 22.2. The molecule has 1 aromatic rings. The standard InChI is InChI=1S/C12H14ClN3O3/c13-8-2-3-10(16(18)19)9(6-8)11(17)15-7-12(14)4-1-5-12/h2-3,6H,1,4-5,7,14H2,(H,15,17). The van der Waals surface area contributed by atoms with Crippen molar-refractivity contribution in [2.24, 2.45) is 5.73 Å². The Morgan fingerprint density at radius 2 is 2.21 bits per heavy atom. The van der Waals surface area contributed by atoms with Crippen molar-refractivity contribution in [3.8, 4) is 0 Å². The highest BCUT2D eigenvalue weighted by Crippen LogP contribution is 2.28. The van der Waals surface area contributed by atoms with Gasteiger partial charge in [-0.2, -0.15) is 0 Å². The number of carbonyl (C=O) groups is 1. The number of hydrogen-bond acceptors (Lipinski definition) is 4. The number of nitrogens with zero attached hydrogens (tertiary/aromatic N) is 1. The Hall–Kier alpha value is -1.66. The monoisotopic (exact) mass is 283 g/mol. The molecule has 0 aliphatic heterocycles. The minimum Gasteiger partial charge on any atom is -0.350 e. The Balaban J connectivity index is 2.13. The van der Waals surface area contributed by atoms with E-state index in [9.17, 15) is 14.9 Å². The second-order valence-corrected chi connectivity index (χ2v) is 5.25. The first-order chi connectivity index (χ1) is 8.91. The van der Waals surface area contributed by atoms with Crippen molar-refractivity contribution in [2.75, 3.05) is 6.54 Å². The number of nitro benzene ring substituents is 1. The zero-order valence-electron chi connectivity index (χ0n) is 10.2. The molecule has 0 spiro atoms. The molecule has 0 bridgehead atoms. The SMILES string of the molecule is NC1(CNC(=O)c2cc(Cl)ccc2[N+](=O)[O-])CCC1. The maximum absolute atomic E-state index is 12.0. The second kappa shape index (κ2) is 5.14. The summed E-state index contributed by atoms with van der Waals surface area (Å²) in [6.07, 6.45) is 2.75. The quantitative estimate of drug-likeness (QED) is 0.651. The molecule has 1 saturated carbocycles. The number of nitrogens with two attached hydrogens (primary N) is 1. The molecule has 1 aromatic carbocycles. The normalized spacial score (nSPS) is 16.5. The number of hydrogen-bond donors (Lipinski definition) is 2. The number of rotatable bonds is 4. The predicted molar refractivity (Wildman–Crippen MR) is 71.2 cm³/mol. The molecule has 19 heavy (non-hydrogen) atoms. The largest absolute Gasteiger partial charge is 0.350 e. The summed E-state index contributed by atoms with van der Waals surface area (Å²) in [7, 11) is 0. The van der Waals surface area contributed by atoms with Crippen molar-refractivity contribution < 1.29 is 9.72 Å². The number of halogens is 1. The number of nitro groups is 1. The minimum absolute atomic E-state index is 0.0413. The molecule has 1 aliphatic carbocycles. The van der Waals surface area contributed by atoms with Gasteiger partial charge < -0.3 is 11.1 Å². The lowest BCUT2D eigenvalue weighted by molar-refractivity contribution is -0.385. The summed E-state index contributed by atoms with van der Waals surface area (Å²) in [5.74, 6) is -0.522. The van der Waals surface area contributed by atoms with Gasteiger partial charge in [-0.3, -0.25) is 14.9 Å². The van der Waals surface area contributed by atoms with Gasteiger partial charge in [0, 0.05) is 23.2 Å². The molecular formula is C12H14ClN3O3. The summed E-state index contributed by atoms with van der Waals surface area (Å²) >= 11 is 5.77. The van der Waals surface area contributed by atoms with Crippen LogP contribution in [0.5, 0.6) is 0 Å². The van der Waals surface area contributed by atoms with Crippen LogP contribution < -0.4 is 11.1 Å². The minimum atomic E-state index is -0.604. The molecular weight excluding hydrogens is 270 g/mol. The van der Waals surface area contributed by atoms with Crippen LogP contribution in [0.2, 0.25) is 5.02 Å². The van der Waals surface area contributed by atoms with E-state index in [0.717, 1.165) is 19.3 Å². The lowest BCUT2D eigenvalue weighted by atomic mass is 9.78. The van der Waals surface area contributed by atoms with Gasteiger partial charge in [0.05, 0.1) is 4.92 Å².